The van der Waals surface area contributed by atoms with E-state index in [1.54, 1.807) is 13.2 Å². The highest BCUT2D eigenvalue weighted by atomic mass is 16.5. The molecule has 7 nitrogen and oxygen atoms in total. The van der Waals surface area contributed by atoms with Crippen LogP contribution in [0.2, 0.25) is 0 Å². The molecule has 1 aliphatic carbocycles. The summed E-state index contributed by atoms with van der Waals surface area (Å²) in [5.41, 5.74) is 0.705. The van der Waals surface area contributed by atoms with Crippen LogP contribution < -0.4 is 25.8 Å². The summed E-state index contributed by atoms with van der Waals surface area (Å²) in [6, 6.07) is 9.68. The fourth-order valence-electron chi connectivity index (χ4n) is 4.35. The Morgan fingerprint density at radius 1 is 0.929 bits per heavy atom. The first-order valence-corrected chi connectivity index (χ1v) is 10.2. The van der Waals surface area contributed by atoms with Crippen molar-refractivity contribution in [1.82, 2.24) is 9.55 Å². The van der Waals surface area contributed by atoms with Gasteiger partial charge in [-0.05, 0) is 37.1 Å². The third-order valence-electron chi connectivity index (χ3n) is 5.95. The van der Waals surface area contributed by atoms with Crippen molar-refractivity contribution in [2.75, 3.05) is 43.1 Å². The minimum Gasteiger partial charge on any atom is -0.497 e. The predicted octanol–water partition coefficient (Wildman–Crippen LogP) is 2.38. The van der Waals surface area contributed by atoms with Gasteiger partial charge in [0.1, 0.15) is 11.6 Å². The lowest BCUT2D eigenvalue weighted by atomic mass is 9.95. The quantitative estimate of drug-likeness (QED) is 0.876. The second kappa shape index (κ2) is 8.12. The van der Waals surface area contributed by atoms with E-state index in [4.69, 9.17) is 4.74 Å². The summed E-state index contributed by atoms with van der Waals surface area (Å²) >= 11 is 0. The van der Waals surface area contributed by atoms with Gasteiger partial charge in [0.05, 0.1) is 7.11 Å². The SMILES string of the molecule is COc1ccc(N2CCN(c3cc(=O)n(C4CCCCC4)c(=O)[nH]3)CC2)cc1. The Bertz CT molecular complexity index is 873. The number of rotatable bonds is 4. The number of H-pyrrole nitrogens is 1. The van der Waals surface area contributed by atoms with Gasteiger partial charge in [0.25, 0.3) is 5.56 Å². The number of benzene rings is 1. The Labute approximate surface area is 164 Å². The molecule has 0 amide bonds. The molecule has 4 rings (SSSR count). The lowest BCUT2D eigenvalue weighted by Gasteiger charge is -2.37. The van der Waals surface area contributed by atoms with E-state index in [2.05, 4.69) is 26.9 Å². The zero-order chi connectivity index (χ0) is 19.5. The summed E-state index contributed by atoms with van der Waals surface area (Å²) in [5.74, 6) is 1.48. The molecule has 1 saturated heterocycles. The topological polar surface area (TPSA) is 70.6 Å². The molecule has 1 N–H and O–H groups in total. The molecule has 2 heterocycles. The van der Waals surface area contributed by atoms with Gasteiger partial charge in [-0.15, -0.1) is 0 Å². The van der Waals surface area contributed by atoms with Gasteiger partial charge in [-0.2, -0.15) is 0 Å². The van der Waals surface area contributed by atoms with Gasteiger partial charge in [0.2, 0.25) is 0 Å². The van der Waals surface area contributed by atoms with Crippen molar-refractivity contribution >= 4 is 11.5 Å². The van der Waals surface area contributed by atoms with Crippen molar-refractivity contribution in [3.05, 3.63) is 51.2 Å². The van der Waals surface area contributed by atoms with Gasteiger partial charge in [0.15, 0.2) is 0 Å². The van der Waals surface area contributed by atoms with E-state index in [0.29, 0.717) is 5.82 Å². The molecular weight excluding hydrogens is 356 g/mol. The summed E-state index contributed by atoms with van der Waals surface area (Å²) in [7, 11) is 1.66. The minimum absolute atomic E-state index is 0.0472. The van der Waals surface area contributed by atoms with Crippen LogP contribution in [-0.4, -0.2) is 42.8 Å². The second-order valence-corrected chi connectivity index (χ2v) is 7.63. The molecule has 1 aromatic carbocycles. The van der Waals surface area contributed by atoms with Crippen LogP contribution in [0.1, 0.15) is 38.1 Å². The number of piperazine rings is 1. The molecule has 0 bridgehead atoms. The van der Waals surface area contributed by atoms with Crippen LogP contribution in [0, 0.1) is 0 Å². The minimum atomic E-state index is -0.271. The molecule has 7 heteroatoms. The van der Waals surface area contributed by atoms with Crippen LogP contribution in [-0.2, 0) is 0 Å². The monoisotopic (exact) mass is 384 g/mol. The highest BCUT2D eigenvalue weighted by Crippen LogP contribution is 2.26. The zero-order valence-electron chi connectivity index (χ0n) is 16.4. The van der Waals surface area contributed by atoms with E-state index in [1.807, 2.05) is 12.1 Å². The number of nitrogens with one attached hydrogen (secondary N) is 1. The number of hydrogen-bond donors (Lipinski definition) is 1. The molecule has 2 aromatic rings. The Kier molecular flexibility index (Phi) is 5.41. The first-order chi connectivity index (χ1) is 13.7. The molecule has 2 fully saturated rings. The molecule has 2 aliphatic rings. The molecule has 28 heavy (non-hydrogen) atoms. The van der Waals surface area contributed by atoms with Crippen molar-refractivity contribution in [2.24, 2.45) is 0 Å². The fraction of sp³-hybridized carbons (Fsp3) is 0.524. The largest absolute Gasteiger partial charge is 0.497 e. The molecular formula is C21H28N4O3. The summed E-state index contributed by atoms with van der Waals surface area (Å²) < 4.78 is 6.64. The van der Waals surface area contributed by atoms with Gasteiger partial charge < -0.3 is 14.5 Å². The van der Waals surface area contributed by atoms with Crippen molar-refractivity contribution in [3.63, 3.8) is 0 Å². The molecule has 0 spiro atoms. The van der Waals surface area contributed by atoms with Crippen LogP contribution in [0.5, 0.6) is 5.75 Å². The van der Waals surface area contributed by atoms with Gasteiger partial charge in [0, 0.05) is 44.0 Å². The first-order valence-electron chi connectivity index (χ1n) is 10.2. The Morgan fingerprint density at radius 3 is 2.18 bits per heavy atom. The third kappa shape index (κ3) is 3.79. The normalized spacial score (nSPS) is 18.3. The van der Waals surface area contributed by atoms with Crippen LogP contribution in [0.25, 0.3) is 0 Å². The molecule has 1 aromatic heterocycles. The van der Waals surface area contributed by atoms with E-state index in [-0.39, 0.29) is 17.3 Å². The molecule has 0 unspecified atom stereocenters. The number of anilines is 2. The van der Waals surface area contributed by atoms with E-state index in [1.165, 1.54) is 11.0 Å². The number of aromatic amines is 1. The van der Waals surface area contributed by atoms with Crippen molar-refractivity contribution in [3.8, 4) is 5.75 Å². The van der Waals surface area contributed by atoms with Gasteiger partial charge in [-0.1, -0.05) is 19.3 Å². The maximum Gasteiger partial charge on any atom is 0.330 e. The average Bonchev–Trinajstić information content (AvgIpc) is 2.74. The van der Waals surface area contributed by atoms with Crippen molar-refractivity contribution in [1.29, 1.82) is 0 Å². The van der Waals surface area contributed by atoms with Crippen molar-refractivity contribution < 1.29 is 4.74 Å². The van der Waals surface area contributed by atoms with E-state index in [9.17, 15) is 9.59 Å². The zero-order valence-corrected chi connectivity index (χ0v) is 16.4. The number of methoxy groups -OCH3 is 1. The summed E-state index contributed by atoms with van der Waals surface area (Å²) in [6.45, 7) is 3.18. The maximum atomic E-state index is 12.6. The Hall–Kier alpha value is -2.70. The second-order valence-electron chi connectivity index (χ2n) is 7.63. The van der Waals surface area contributed by atoms with Crippen LogP contribution in [0.3, 0.4) is 0 Å². The van der Waals surface area contributed by atoms with Crippen LogP contribution in [0.15, 0.2) is 39.9 Å². The molecule has 1 saturated carbocycles. The summed E-state index contributed by atoms with van der Waals surface area (Å²) in [4.78, 5) is 32.6. The molecule has 1 aliphatic heterocycles. The standard InChI is InChI=1S/C21H28N4O3/c1-28-18-9-7-16(8-10-18)23-11-13-24(14-12-23)19-15-20(26)25(21(27)22-19)17-5-3-2-4-6-17/h7-10,15,17H,2-6,11-14H2,1H3,(H,22,27). The Balaban J connectivity index is 1.45. The summed E-state index contributed by atoms with van der Waals surface area (Å²) in [5, 5.41) is 0. The average molecular weight is 384 g/mol. The van der Waals surface area contributed by atoms with Crippen LogP contribution >= 0.6 is 0 Å². The third-order valence-corrected chi connectivity index (χ3v) is 5.95. The lowest BCUT2D eigenvalue weighted by molar-refractivity contribution is 0.336. The first kappa shape index (κ1) is 18.7. The number of ether oxygens (including phenoxy) is 1. The maximum absolute atomic E-state index is 12.6. The van der Waals surface area contributed by atoms with E-state index in [0.717, 1.165) is 63.3 Å². The van der Waals surface area contributed by atoms with E-state index >= 15 is 0 Å². The number of nitrogens with zero attached hydrogens (tertiary/aromatic N) is 3. The number of aromatic nitrogens is 2. The predicted molar refractivity (Wildman–Crippen MR) is 111 cm³/mol. The Morgan fingerprint density at radius 2 is 1.57 bits per heavy atom. The number of hydrogen-bond acceptors (Lipinski definition) is 5. The van der Waals surface area contributed by atoms with Crippen LogP contribution in [0.4, 0.5) is 11.5 Å². The van der Waals surface area contributed by atoms with E-state index < -0.39 is 0 Å². The molecule has 0 atom stereocenters. The highest BCUT2D eigenvalue weighted by Gasteiger charge is 2.22. The van der Waals surface area contributed by atoms with Crippen molar-refractivity contribution in [2.45, 2.75) is 38.1 Å². The fourth-order valence-corrected chi connectivity index (χ4v) is 4.35. The van der Waals surface area contributed by atoms with Gasteiger partial charge >= 0.3 is 5.69 Å². The molecule has 150 valence electrons. The smallest absolute Gasteiger partial charge is 0.330 e. The lowest BCUT2D eigenvalue weighted by Crippen LogP contribution is -2.48. The van der Waals surface area contributed by atoms with Gasteiger partial charge in [-0.25, -0.2) is 4.79 Å². The highest BCUT2D eigenvalue weighted by molar-refractivity contribution is 5.51. The van der Waals surface area contributed by atoms with Gasteiger partial charge in [-0.3, -0.25) is 14.3 Å². The summed E-state index contributed by atoms with van der Waals surface area (Å²) in [6.07, 6.45) is 5.21. The molecule has 0 radical (unpaired) electrons.